The van der Waals surface area contributed by atoms with Crippen molar-refractivity contribution >= 4 is 27.5 Å². The second-order valence-electron chi connectivity index (χ2n) is 5.68. The summed E-state index contributed by atoms with van der Waals surface area (Å²) in [6.45, 7) is 4.92. The number of rotatable bonds is 2. The van der Waals surface area contributed by atoms with Gasteiger partial charge in [0.15, 0.2) is 0 Å². The van der Waals surface area contributed by atoms with E-state index >= 15 is 0 Å². The molecule has 114 valence electrons. The largest absolute Gasteiger partial charge is 0.381 e. The van der Waals surface area contributed by atoms with E-state index in [2.05, 4.69) is 39.0 Å². The Kier molecular flexibility index (Phi) is 4.80. The molecule has 3 rings (SSSR count). The predicted molar refractivity (Wildman–Crippen MR) is 86.5 cm³/mol. The van der Waals surface area contributed by atoms with Gasteiger partial charge in [-0.3, -0.25) is 4.79 Å². The highest BCUT2D eigenvalue weighted by Crippen LogP contribution is 2.23. The van der Waals surface area contributed by atoms with Crippen LogP contribution in [0.25, 0.3) is 0 Å². The van der Waals surface area contributed by atoms with Crippen LogP contribution in [0.5, 0.6) is 0 Å². The number of carbonyl (C=O) groups is 1. The first-order valence-corrected chi connectivity index (χ1v) is 8.40. The van der Waals surface area contributed by atoms with Gasteiger partial charge in [0, 0.05) is 55.5 Å². The number of hydrogen-bond acceptors (Lipinski definition) is 3. The summed E-state index contributed by atoms with van der Waals surface area (Å²) < 4.78 is 6.44. The van der Waals surface area contributed by atoms with Gasteiger partial charge in [-0.15, -0.1) is 0 Å². The molecule has 0 bridgehead atoms. The molecule has 1 aromatic carbocycles. The van der Waals surface area contributed by atoms with Crippen molar-refractivity contribution in [2.45, 2.75) is 12.8 Å². The van der Waals surface area contributed by atoms with Gasteiger partial charge in [-0.25, -0.2) is 0 Å². The van der Waals surface area contributed by atoms with Crippen molar-refractivity contribution in [2.75, 3.05) is 44.3 Å². The van der Waals surface area contributed by atoms with Gasteiger partial charge in [-0.2, -0.15) is 0 Å². The molecule has 5 heteroatoms. The Morgan fingerprint density at radius 2 is 1.86 bits per heavy atom. The smallest absolute Gasteiger partial charge is 0.225 e. The van der Waals surface area contributed by atoms with E-state index in [4.69, 9.17) is 4.74 Å². The topological polar surface area (TPSA) is 32.8 Å². The van der Waals surface area contributed by atoms with E-state index in [1.165, 1.54) is 5.69 Å². The van der Waals surface area contributed by atoms with Gasteiger partial charge >= 0.3 is 0 Å². The SMILES string of the molecule is O=C(C1CCOCC1)N1CCN(c2cccc(Br)c2)CC1. The number of hydrogen-bond donors (Lipinski definition) is 0. The Balaban J connectivity index is 1.56. The Hall–Kier alpha value is -1.07. The van der Waals surface area contributed by atoms with Crippen molar-refractivity contribution in [3.05, 3.63) is 28.7 Å². The van der Waals surface area contributed by atoms with Crippen molar-refractivity contribution in [2.24, 2.45) is 5.92 Å². The first kappa shape index (κ1) is 14.9. The van der Waals surface area contributed by atoms with Crippen LogP contribution in [0.15, 0.2) is 28.7 Å². The van der Waals surface area contributed by atoms with E-state index in [0.29, 0.717) is 5.91 Å². The van der Waals surface area contributed by atoms with Gasteiger partial charge in [0.1, 0.15) is 0 Å². The highest BCUT2D eigenvalue weighted by molar-refractivity contribution is 9.10. The molecule has 0 N–H and O–H groups in total. The minimum atomic E-state index is 0.177. The molecule has 2 fully saturated rings. The lowest BCUT2D eigenvalue weighted by Gasteiger charge is -2.38. The zero-order valence-electron chi connectivity index (χ0n) is 12.1. The van der Waals surface area contributed by atoms with E-state index in [0.717, 1.165) is 56.7 Å². The summed E-state index contributed by atoms with van der Waals surface area (Å²) >= 11 is 3.51. The first-order chi connectivity index (χ1) is 10.2. The minimum absolute atomic E-state index is 0.177. The molecule has 2 heterocycles. The lowest BCUT2D eigenvalue weighted by Crippen LogP contribution is -2.51. The molecule has 4 nitrogen and oxygen atoms in total. The maximum absolute atomic E-state index is 12.5. The molecule has 1 aromatic rings. The van der Waals surface area contributed by atoms with Crippen LogP contribution in [0.4, 0.5) is 5.69 Å². The van der Waals surface area contributed by atoms with Crippen LogP contribution >= 0.6 is 15.9 Å². The quantitative estimate of drug-likeness (QED) is 0.819. The lowest BCUT2D eigenvalue weighted by atomic mass is 9.98. The van der Waals surface area contributed by atoms with Crippen LogP contribution in [-0.4, -0.2) is 50.2 Å². The van der Waals surface area contributed by atoms with E-state index in [-0.39, 0.29) is 5.92 Å². The fourth-order valence-electron chi connectivity index (χ4n) is 3.06. The molecule has 0 aromatic heterocycles. The monoisotopic (exact) mass is 352 g/mol. The molecule has 2 saturated heterocycles. The Morgan fingerprint density at radius 3 is 2.52 bits per heavy atom. The fraction of sp³-hybridized carbons (Fsp3) is 0.562. The van der Waals surface area contributed by atoms with Crippen LogP contribution in [0.1, 0.15) is 12.8 Å². The second-order valence-corrected chi connectivity index (χ2v) is 6.59. The van der Waals surface area contributed by atoms with Crippen LogP contribution < -0.4 is 4.90 Å². The third-order valence-corrected chi connectivity index (χ3v) is 4.83. The van der Waals surface area contributed by atoms with Crippen LogP contribution in [0.2, 0.25) is 0 Å². The third-order valence-electron chi connectivity index (χ3n) is 4.34. The van der Waals surface area contributed by atoms with Crippen LogP contribution in [0, 0.1) is 5.92 Å². The maximum Gasteiger partial charge on any atom is 0.225 e. The summed E-state index contributed by atoms with van der Waals surface area (Å²) in [5.41, 5.74) is 1.22. The van der Waals surface area contributed by atoms with E-state index < -0.39 is 0 Å². The standard InChI is InChI=1S/C16H21BrN2O2/c17-14-2-1-3-15(12-14)18-6-8-19(9-7-18)16(20)13-4-10-21-11-5-13/h1-3,12-13H,4-11H2. The van der Waals surface area contributed by atoms with Crippen molar-refractivity contribution in [1.82, 2.24) is 4.90 Å². The van der Waals surface area contributed by atoms with Crippen LogP contribution in [-0.2, 0) is 9.53 Å². The van der Waals surface area contributed by atoms with Gasteiger partial charge in [-0.05, 0) is 31.0 Å². The Labute approximate surface area is 134 Å². The molecular weight excluding hydrogens is 332 g/mol. The van der Waals surface area contributed by atoms with Gasteiger partial charge < -0.3 is 14.5 Å². The average Bonchev–Trinajstić information content (AvgIpc) is 2.55. The molecule has 0 spiro atoms. The zero-order valence-corrected chi connectivity index (χ0v) is 13.7. The number of halogens is 1. The zero-order chi connectivity index (χ0) is 14.7. The van der Waals surface area contributed by atoms with Gasteiger partial charge in [0.2, 0.25) is 5.91 Å². The van der Waals surface area contributed by atoms with Crippen molar-refractivity contribution in [3.63, 3.8) is 0 Å². The highest BCUT2D eigenvalue weighted by atomic mass is 79.9. The summed E-state index contributed by atoms with van der Waals surface area (Å²) in [5.74, 6) is 0.503. The van der Waals surface area contributed by atoms with Crippen molar-refractivity contribution in [3.8, 4) is 0 Å². The highest BCUT2D eigenvalue weighted by Gasteiger charge is 2.28. The average molecular weight is 353 g/mol. The molecule has 0 aliphatic carbocycles. The van der Waals surface area contributed by atoms with Gasteiger partial charge in [0.25, 0.3) is 0 Å². The molecule has 0 unspecified atom stereocenters. The molecule has 2 aliphatic rings. The number of ether oxygens (including phenoxy) is 1. The number of piperazine rings is 1. The number of amides is 1. The maximum atomic E-state index is 12.5. The lowest BCUT2D eigenvalue weighted by molar-refractivity contribution is -0.138. The minimum Gasteiger partial charge on any atom is -0.381 e. The first-order valence-electron chi connectivity index (χ1n) is 7.61. The number of nitrogens with zero attached hydrogens (tertiary/aromatic N) is 2. The number of carbonyl (C=O) groups excluding carboxylic acids is 1. The fourth-order valence-corrected chi connectivity index (χ4v) is 3.45. The van der Waals surface area contributed by atoms with Crippen molar-refractivity contribution < 1.29 is 9.53 Å². The van der Waals surface area contributed by atoms with Crippen molar-refractivity contribution in [1.29, 1.82) is 0 Å². The van der Waals surface area contributed by atoms with E-state index in [1.807, 2.05) is 11.0 Å². The van der Waals surface area contributed by atoms with E-state index in [1.54, 1.807) is 0 Å². The third kappa shape index (κ3) is 3.58. The summed E-state index contributed by atoms with van der Waals surface area (Å²) in [4.78, 5) is 16.9. The summed E-state index contributed by atoms with van der Waals surface area (Å²) in [5, 5.41) is 0. The van der Waals surface area contributed by atoms with Crippen LogP contribution in [0.3, 0.4) is 0 Å². The molecule has 0 radical (unpaired) electrons. The Morgan fingerprint density at radius 1 is 1.14 bits per heavy atom. The van der Waals surface area contributed by atoms with Gasteiger partial charge in [-0.1, -0.05) is 22.0 Å². The normalized spacial score (nSPS) is 20.6. The summed E-state index contributed by atoms with van der Waals surface area (Å²) in [6.07, 6.45) is 1.76. The predicted octanol–water partition coefficient (Wildman–Crippen LogP) is 2.52. The summed E-state index contributed by atoms with van der Waals surface area (Å²) in [6, 6.07) is 8.35. The molecule has 1 amide bonds. The second kappa shape index (κ2) is 6.79. The van der Waals surface area contributed by atoms with Gasteiger partial charge in [0.05, 0.1) is 0 Å². The molecule has 2 aliphatic heterocycles. The van der Waals surface area contributed by atoms with E-state index in [9.17, 15) is 4.79 Å². The summed E-state index contributed by atoms with van der Waals surface area (Å²) in [7, 11) is 0. The number of anilines is 1. The number of benzene rings is 1. The Bertz CT molecular complexity index is 495. The molecule has 21 heavy (non-hydrogen) atoms. The molecule has 0 saturated carbocycles. The molecular formula is C16H21BrN2O2. The molecule has 0 atom stereocenters.